The summed E-state index contributed by atoms with van der Waals surface area (Å²) in [7, 11) is 1.42. The Morgan fingerprint density at radius 3 is 2.72 bits per heavy atom. The SMILES string of the molecule is CNC(=O)c1cc(-c2cc([C@@H]3CN[C@@H](CF)CN3C(C)=O)cc(Cl)n2)cc(F)n1. The van der Waals surface area contributed by atoms with E-state index in [2.05, 4.69) is 20.6 Å². The Labute approximate surface area is 171 Å². The van der Waals surface area contributed by atoms with Crippen molar-refractivity contribution in [2.24, 2.45) is 0 Å². The molecule has 10 heteroatoms. The summed E-state index contributed by atoms with van der Waals surface area (Å²) in [5.74, 6) is -1.56. The predicted molar refractivity (Wildman–Crippen MR) is 104 cm³/mol. The van der Waals surface area contributed by atoms with Crippen molar-refractivity contribution in [1.29, 1.82) is 0 Å². The first-order valence-corrected chi connectivity index (χ1v) is 9.34. The van der Waals surface area contributed by atoms with Crippen molar-refractivity contribution in [3.8, 4) is 11.3 Å². The average Bonchev–Trinajstić information content (AvgIpc) is 2.71. The number of amides is 2. The molecule has 1 saturated heterocycles. The van der Waals surface area contributed by atoms with E-state index in [1.807, 2.05) is 0 Å². The summed E-state index contributed by atoms with van der Waals surface area (Å²) in [4.78, 5) is 33.3. The van der Waals surface area contributed by atoms with Crippen LogP contribution in [0.3, 0.4) is 0 Å². The third kappa shape index (κ3) is 4.68. The third-order valence-corrected chi connectivity index (χ3v) is 4.93. The van der Waals surface area contributed by atoms with Gasteiger partial charge in [-0.25, -0.2) is 14.4 Å². The molecule has 2 N–H and O–H groups in total. The second-order valence-electron chi connectivity index (χ2n) is 6.70. The van der Waals surface area contributed by atoms with E-state index in [1.54, 1.807) is 17.0 Å². The van der Waals surface area contributed by atoms with Gasteiger partial charge < -0.3 is 15.5 Å². The molecule has 2 aromatic rings. The number of piperazine rings is 1. The first-order valence-electron chi connectivity index (χ1n) is 8.96. The maximum atomic E-state index is 14.0. The van der Waals surface area contributed by atoms with E-state index in [0.717, 1.165) is 6.07 Å². The lowest BCUT2D eigenvalue weighted by atomic mass is 9.99. The molecule has 2 atom stereocenters. The van der Waals surface area contributed by atoms with Gasteiger partial charge in [0.1, 0.15) is 17.5 Å². The summed E-state index contributed by atoms with van der Waals surface area (Å²) < 4.78 is 27.0. The van der Waals surface area contributed by atoms with E-state index >= 15 is 0 Å². The van der Waals surface area contributed by atoms with Gasteiger partial charge in [0.15, 0.2) is 0 Å². The van der Waals surface area contributed by atoms with Crippen molar-refractivity contribution >= 4 is 23.4 Å². The van der Waals surface area contributed by atoms with Crippen LogP contribution in [0.1, 0.15) is 29.0 Å². The summed E-state index contributed by atoms with van der Waals surface area (Å²) in [6.45, 7) is 1.39. The maximum absolute atomic E-state index is 14.0. The number of rotatable bonds is 4. The van der Waals surface area contributed by atoms with Crippen LogP contribution in [0.4, 0.5) is 8.78 Å². The molecule has 0 bridgehead atoms. The monoisotopic (exact) mass is 423 g/mol. The van der Waals surface area contributed by atoms with E-state index < -0.39 is 24.6 Å². The van der Waals surface area contributed by atoms with Gasteiger partial charge >= 0.3 is 0 Å². The average molecular weight is 424 g/mol. The fourth-order valence-corrected chi connectivity index (χ4v) is 3.53. The molecule has 0 unspecified atom stereocenters. The lowest BCUT2D eigenvalue weighted by molar-refractivity contribution is -0.133. The molecule has 0 saturated carbocycles. The van der Waals surface area contributed by atoms with Crippen LogP contribution >= 0.6 is 11.6 Å². The van der Waals surface area contributed by atoms with Crippen molar-refractivity contribution in [1.82, 2.24) is 25.5 Å². The highest BCUT2D eigenvalue weighted by atomic mass is 35.5. The number of pyridine rings is 2. The number of nitrogens with zero attached hydrogens (tertiary/aromatic N) is 3. The fraction of sp³-hybridized carbons (Fsp3) is 0.368. The predicted octanol–water partition coefficient (Wildman–Crippen LogP) is 2.13. The summed E-state index contributed by atoms with van der Waals surface area (Å²) in [6.07, 6.45) is 0. The van der Waals surface area contributed by atoms with Crippen molar-refractivity contribution < 1.29 is 18.4 Å². The van der Waals surface area contributed by atoms with Crippen LogP contribution < -0.4 is 10.6 Å². The largest absolute Gasteiger partial charge is 0.354 e. The molecule has 1 aliphatic heterocycles. The first kappa shape index (κ1) is 21.1. The maximum Gasteiger partial charge on any atom is 0.269 e. The summed E-state index contributed by atoms with van der Waals surface area (Å²) in [5, 5.41) is 5.60. The Bertz CT molecular complexity index is 943. The molecule has 3 heterocycles. The zero-order valence-corrected chi connectivity index (χ0v) is 16.6. The molecule has 1 fully saturated rings. The molecule has 0 aliphatic carbocycles. The highest BCUT2D eigenvalue weighted by Crippen LogP contribution is 2.30. The van der Waals surface area contributed by atoms with Gasteiger partial charge in [0, 0.05) is 38.7 Å². The van der Waals surface area contributed by atoms with Gasteiger partial charge in [0.05, 0.1) is 17.8 Å². The smallest absolute Gasteiger partial charge is 0.269 e. The number of aromatic nitrogens is 2. The van der Waals surface area contributed by atoms with Gasteiger partial charge in [-0.1, -0.05) is 11.6 Å². The van der Waals surface area contributed by atoms with Gasteiger partial charge in [0.25, 0.3) is 5.91 Å². The molecule has 0 spiro atoms. The van der Waals surface area contributed by atoms with Crippen LogP contribution in [-0.2, 0) is 4.79 Å². The molecule has 29 heavy (non-hydrogen) atoms. The van der Waals surface area contributed by atoms with Crippen molar-refractivity contribution in [3.63, 3.8) is 0 Å². The Hall–Kier alpha value is -2.65. The van der Waals surface area contributed by atoms with Crippen LogP contribution in [0.5, 0.6) is 0 Å². The minimum atomic E-state index is -0.833. The van der Waals surface area contributed by atoms with E-state index in [1.165, 1.54) is 20.0 Å². The molecule has 0 aromatic carbocycles. The Morgan fingerprint density at radius 1 is 1.31 bits per heavy atom. The number of hydrogen-bond donors (Lipinski definition) is 2. The molecule has 154 valence electrons. The highest BCUT2D eigenvalue weighted by Gasteiger charge is 2.31. The normalized spacial score (nSPS) is 19.1. The number of carbonyl (C=O) groups is 2. The molecular formula is C19H20ClF2N5O2. The lowest BCUT2D eigenvalue weighted by Gasteiger charge is -2.39. The minimum Gasteiger partial charge on any atom is -0.354 e. The number of nitrogens with one attached hydrogen (secondary N) is 2. The van der Waals surface area contributed by atoms with E-state index in [4.69, 9.17) is 11.6 Å². The molecule has 3 rings (SSSR count). The van der Waals surface area contributed by atoms with Gasteiger partial charge in [-0.2, -0.15) is 4.39 Å². The van der Waals surface area contributed by atoms with E-state index in [-0.39, 0.29) is 29.3 Å². The van der Waals surface area contributed by atoms with E-state index in [9.17, 15) is 18.4 Å². The number of carbonyl (C=O) groups excluding carboxylic acids is 2. The summed E-state index contributed by atoms with van der Waals surface area (Å²) >= 11 is 6.19. The second kappa shape index (κ2) is 8.79. The van der Waals surface area contributed by atoms with Gasteiger partial charge in [-0.05, 0) is 23.8 Å². The summed E-state index contributed by atoms with van der Waals surface area (Å²) in [5.41, 5.74) is 1.22. The Balaban J connectivity index is 2.02. The second-order valence-corrected chi connectivity index (χ2v) is 7.09. The number of halogens is 3. The van der Waals surface area contributed by atoms with Crippen molar-refractivity contribution in [3.05, 3.63) is 46.6 Å². The van der Waals surface area contributed by atoms with Crippen LogP contribution in [0.15, 0.2) is 24.3 Å². The minimum absolute atomic E-state index is 0.0960. The highest BCUT2D eigenvalue weighted by molar-refractivity contribution is 6.29. The first-order chi connectivity index (χ1) is 13.8. The van der Waals surface area contributed by atoms with Gasteiger partial charge in [0.2, 0.25) is 11.9 Å². The van der Waals surface area contributed by atoms with Crippen LogP contribution in [-0.4, -0.2) is 59.5 Å². The van der Waals surface area contributed by atoms with Crippen molar-refractivity contribution in [2.75, 3.05) is 26.8 Å². The molecule has 2 amide bonds. The lowest BCUT2D eigenvalue weighted by Crippen LogP contribution is -2.54. The Kier molecular flexibility index (Phi) is 6.39. The topological polar surface area (TPSA) is 87.2 Å². The van der Waals surface area contributed by atoms with Crippen molar-refractivity contribution in [2.45, 2.75) is 19.0 Å². The zero-order valence-electron chi connectivity index (χ0n) is 15.9. The Morgan fingerprint density at radius 2 is 2.07 bits per heavy atom. The fourth-order valence-electron chi connectivity index (χ4n) is 3.31. The number of hydrogen-bond acceptors (Lipinski definition) is 5. The molecular weight excluding hydrogens is 404 g/mol. The summed E-state index contributed by atoms with van der Waals surface area (Å²) in [6, 6.07) is 5.02. The van der Waals surface area contributed by atoms with Crippen LogP contribution in [0.25, 0.3) is 11.3 Å². The molecule has 1 aliphatic rings. The standard InChI is InChI=1S/C19H20ClF2N5O2/c1-10(28)27-9-13(7-21)24-8-16(27)12-4-14(25-17(20)5-12)11-3-15(19(29)23-2)26-18(22)6-11/h3-6,13,16,24H,7-9H2,1-2H3,(H,23,29)/t13-,16-/m0/s1. The number of alkyl halides is 1. The van der Waals surface area contributed by atoms with Crippen LogP contribution in [0.2, 0.25) is 5.15 Å². The zero-order chi connectivity index (χ0) is 21.1. The molecule has 2 aromatic heterocycles. The van der Waals surface area contributed by atoms with Gasteiger partial charge in [-0.3, -0.25) is 9.59 Å². The quantitative estimate of drug-likeness (QED) is 0.736. The third-order valence-electron chi connectivity index (χ3n) is 4.73. The molecule has 7 nitrogen and oxygen atoms in total. The van der Waals surface area contributed by atoms with Crippen LogP contribution in [0, 0.1) is 5.95 Å². The molecule has 0 radical (unpaired) electrons. The van der Waals surface area contributed by atoms with Gasteiger partial charge in [-0.15, -0.1) is 0 Å². The van der Waals surface area contributed by atoms with E-state index in [0.29, 0.717) is 23.4 Å².